The predicted octanol–water partition coefficient (Wildman–Crippen LogP) is 6.47. The minimum atomic E-state index is -0.439. The molecule has 0 aromatic rings. The molecule has 31 heavy (non-hydrogen) atoms. The summed E-state index contributed by atoms with van der Waals surface area (Å²) < 4.78 is 0. The molecule has 3 saturated carbocycles. The first-order valence-electron chi connectivity index (χ1n) is 13.0. The monoisotopic (exact) mass is 428 g/mol. The highest BCUT2D eigenvalue weighted by Crippen LogP contribution is 2.72. The number of aliphatic hydroxyl groups excluding tert-OH is 1. The van der Waals surface area contributed by atoms with E-state index in [-0.39, 0.29) is 22.5 Å². The van der Waals surface area contributed by atoms with Crippen LogP contribution in [0.3, 0.4) is 0 Å². The van der Waals surface area contributed by atoms with E-state index in [9.17, 15) is 5.11 Å². The van der Waals surface area contributed by atoms with E-state index in [1.165, 1.54) is 25.7 Å². The third kappa shape index (κ3) is 2.88. The molecule has 0 amide bonds. The lowest BCUT2D eigenvalue weighted by molar-refractivity contribution is -0.497. The van der Waals surface area contributed by atoms with Crippen LogP contribution in [0.5, 0.6) is 0 Å². The van der Waals surface area contributed by atoms with E-state index in [2.05, 4.69) is 65.8 Å². The Morgan fingerprint density at radius 2 is 1.68 bits per heavy atom. The minimum Gasteiger partial charge on any atom is -0.393 e. The molecule has 3 nitrogen and oxygen atoms in total. The summed E-state index contributed by atoms with van der Waals surface area (Å²) in [5.74, 6) is 3.64. The van der Waals surface area contributed by atoms with Crippen molar-refractivity contribution in [2.45, 2.75) is 104 Å². The highest BCUT2D eigenvalue weighted by Gasteiger charge is 2.74. The van der Waals surface area contributed by atoms with Crippen molar-refractivity contribution >= 4 is 0 Å². The topological polar surface area (TPSA) is 38.7 Å². The molecule has 0 aromatic carbocycles. The molecule has 6 rings (SSSR count). The zero-order valence-corrected chi connectivity index (χ0v) is 20.6. The van der Waals surface area contributed by atoms with Gasteiger partial charge in [-0.2, -0.15) is 0 Å². The van der Waals surface area contributed by atoms with Gasteiger partial charge < -0.3 is 5.11 Å². The first-order valence-corrected chi connectivity index (χ1v) is 13.0. The molecular weight excluding hydrogens is 384 g/mol. The van der Waals surface area contributed by atoms with E-state index in [0.717, 1.165) is 12.8 Å². The fourth-order valence-electron chi connectivity index (χ4n) is 8.71. The Hall–Kier alpha value is -0.640. The molecule has 2 bridgehead atoms. The van der Waals surface area contributed by atoms with E-state index in [4.69, 9.17) is 9.78 Å². The molecule has 6 aliphatic rings. The Kier molecular flexibility index (Phi) is 5.13. The number of hydrogen-bond acceptors (Lipinski definition) is 3. The normalized spacial score (nSPS) is 52.8. The second-order valence-electron chi connectivity index (χ2n) is 12.7. The van der Waals surface area contributed by atoms with Crippen LogP contribution in [0, 0.1) is 46.3 Å². The van der Waals surface area contributed by atoms with Crippen molar-refractivity contribution in [2.75, 3.05) is 0 Å². The van der Waals surface area contributed by atoms with Gasteiger partial charge in [0.25, 0.3) is 0 Å². The molecule has 10 atom stereocenters. The smallest absolute Gasteiger partial charge is 0.130 e. The number of hydrogen-bond donors (Lipinski definition) is 1. The van der Waals surface area contributed by atoms with Gasteiger partial charge in [-0.1, -0.05) is 59.8 Å². The number of rotatable bonds is 4. The van der Waals surface area contributed by atoms with Gasteiger partial charge in [0.15, 0.2) is 0 Å². The van der Waals surface area contributed by atoms with Crippen molar-refractivity contribution in [1.29, 1.82) is 0 Å². The van der Waals surface area contributed by atoms with Gasteiger partial charge in [-0.15, -0.1) is 0 Å². The Morgan fingerprint density at radius 1 is 0.903 bits per heavy atom. The van der Waals surface area contributed by atoms with Crippen LogP contribution < -0.4 is 0 Å². The number of fused-ring (bicyclic) bond motifs is 2. The molecule has 3 heteroatoms. The minimum absolute atomic E-state index is 0.0663. The Labute approximate surface area is 189 Å². The van der Waals surface area contributed by atoms with Crippen LogP contribution in [-0.2, 0) is 9.78 Å². The van der Waals surface area contributed by atoms with Crippen molar-refractivity contribution in [3.63, 3.8) is 0 Å². The average molecular weight is 429 g/mol. The van der Waals surface area contributed by atoms with Gasteiger partial charge in [-0.25, -0.2) is 9.78 Å². The summed E-state index contributed by atoms with van der Waals surface area (Å²) in [5, 5.41) is 10.4. The lowest BCUT2D eigenvalue weighted by atomic mass is 9.43. The SMILES string of the molecule is CC(C)[C@@H](C)/C=C/[C@@H](C)[C@H]1CC[C@@H]2[C@]1(C)CC[C@H]1[C@@]23C=C[C@@]2(C[C@@H](O)CC[C@]12C)OO3. The first-order chi connectivity index (χ1) is 14.6. The zero-order chi connectivity index (χ0) is 22.2. The van der Waals surface area contributed by atoms with E-state index in [1.54, 1.807) is 0 Å². The Bertz CT molecular complexity index is 772. The van der Waals surface area contributed by atoms with E-state index >= 15 is 0 Å². The highest BCUT2D eigenvalue weighted by molar-refractivity contribution is 5.33. The largest absolute Gasteiger partial charge is 0.393 e. The lowest BCUT2D eigenvalue weighted by Crippen LogP contribution is -2.73. The van der Waals surface area contributed by atoms with Crippen molar-refractivity contribution in [1.82, 2.24) is 0 Å². The summed E-state index contributed by atoms with van der Waals surface area (Å²) in [4.78, 5) is 12.8. The van der Waals surface area contributed by atoms with Crippen molar-refractivity contribution < 1.29 is 14.9 Å². The summed E-state index contributed by atoms with van der Waals surface area (Å²) in [6.45, 7) is 14.4. The predicted molar refractivity (Wildman–Crippen MR) is 124 cm³/mol. The van der Waals surface area contributed by atoms with E-state index in [1.807, 2.05) is 0 Å². The molecule has 2 heterocycles. The second-order valence-corrected chi connectivity index (χ2v) is 12.7. The van der Waals surface area contributed by atoms with Gasteiger partial charge in [0.2, 0.25) is 0 Å². The van der Waals surface area contributed by atoms with E-state index < -0.39 is 5.60 Å². The summed E-state index contributed by atoms with van der Waals surface area (Å²) in [5.41, 5.74) is -0.366. The van der Waals surface area contributed by atoms with Gasteiger partial charge >= 0.3 is 0 Å². The van der Waals surface area contributed by atoms with Crippen molar-refractivity contribution in [3.05, 3.63) is 24.3 Å². The van der Waals surface area contributed by atoms with E-state index in [0.29, 0.717) is 41.9 Å². The molecule has 0 aromatic heterocycles. The molecular formula is C28H44O3. The Balaban J connectivity index is 1.45. The summed E-state index contributed by atoms with van der Waals surface area (Å²) >= 11 is 0. The van der Waals surface area contributed by atoms with Crippen LogP contribution in [0.1, 0.15) is 86.5 Å². The molecule has 1 N–H and O–H groups in total. The molecule has 0 radical (unpaired) electrons. The summed E-state index contributed by atoms with van der Waals surface area (Å²) in [6, 6.07) is 0. The van der Waals surface area contributed by atoms with Gasteiger partial charge in [-0.05, 0) is 73.7 Å². The van der Waals surface area contributed by atoms with Crippen molar-refractivity contribution in [3.8, 4) is 0 Å². The third-order valence-electron chi connectivity index (χ3n) is 11.1. The molecule has 1 saturated heterocycles. The van der Waals surface area contributed by atoms with Crippen LogP contribution in [0.2, 0.25) is 0 Å². The maximum absolute atomic E-state index is 10.4. The van der Waals surface area contributed by atoms with Crippen LogP contribution in [0.15, 0.2) is 24.3 Å². The van der Waals surface area contributed by atoms with Gasteiger partial charge in [-0.3, -0.25) is 0 Å². The maximum Gasteiger partial charge on any atom is 0.130 e. The quantitative estimate of drug-likeness (QED) is 0.412. The molecule has 2 spiro atoms. The number of aliphatic hydroxyl groups is 1. The molecule has 2 aliphatic heterocycles. The number of allylic oxidation sites excluding steroid dienone is 2. The fourth-order valence-corrected chi connectivity index (χ4v) is 8.71. The lowest BCUT2D eigenvalue weighted by Gasteiger charge is -2.69. The zero-order valence-electron chi connectivity index (χ0n) is 20.6. The fraction of sp³-hybridized carbons (Fsp3) is 0.857. The third-order valence-corrected chi connectivity index (χ3v) is 11.1. The van der Waals surface area contributed by atoms with Crippen LogP contribution in [0.25, 0.3) is 0 Å². The average Bonchev–Trinajstić information content (AvgIpc) is 3.09. The van der Waals surface area contributed by atoms with Crippen LogP contribution in [0.4, 0.5) is 0 Å². The molecule has 4 aliphatic carbocycles. The van der Waals surface area contributed by atoms with Gasteiger partial charge in [0, 0.05) is 23.7 Å². The first kappa shape index (κ1) is 22.2. The summed E-state index contributed by atoms with van der Waals surface area (Å²) in [7, 11) is 0. The van der Waals surface area contributed by atoms with Gasteiger partial charge in [0.1, 0.15) is 11.2 Å². The summed E-state index contributed by atoms with van der Waals surface area (Å²) in [6.07, 6.45) is 17.0. The maximum atomic E-state index is 10.4. The van der Waals surface area contributed by atoms with Gasteiger partial charge in [0.05, 0.1) is 6.10 Å². The molecule has 4 fully saturated rings. The standard InChI is InChI=1S/C28H44O3/c1-18(2)19(3)7-8-20(4)22-9-10-23-25(22,5)13-12-24-26(6)14-11-21(29)17-27(26)15-16-28(23,24)31-30-27/h7-8,15-16,18-24,29H,9-14,17H2,1-6H3/b8-7+/t19-,20+,21-,22+,23+,24+,25+,26+,27-,28+/m0/s1. The highest BCUT2D eigenvalue weighted by atomic mass is 17.2. The van der Waals surface area contributed by atoms with Crippen LogP contribution in [-0.4, -0.2) is 22.4 Å². The molecule has 0 unspecified atom stereocenters. The van der Waals surface area contributed by atoms with Crippen LogP contribution >= 0.6 is 0 Å². The molecule has 174 valence electrons. The second kappa shape index (κ2) is 7.18. The van der Waals surface area contributed by atoms with Crippen molar-refractivity contribution in [2.24, 2.45) is 46.3 Å². The Morgan fingerprint density at radius 3 is 2.35 bits per heavy atom.